The fourth-order valence-corrected chi connectivity index (χ4v) is 2.79. The number of hydrogen-bond donors (Lipinski definition) is 3. The van der Waals surface area contributed by atoms with Crippen molar-refractivity contribution in [2.45, 2.75) is 32.2 Å². The van der Waals surface area contributed by atoms with E-state index in [1.807, 2.05) is 37.3 Å². The van der Waals surface area contributed by atoms with E-state index in [0.29, 0.717) is 19.7 Å². The number of nitriles is 1. The molecule has 1 unspecified atom stereocenters. The maximum absolute atomic E-state index is 12.5. The highest BCUT2D eigenvalue weighted by molar-refractivity contribution is 5.81. The molecule has 0 aliphatic heterocycles. The van der Waals surface area contributed by atoms with Gasteiger partial charge in [-0.1, -0.05) is 25.5 Å². The highest BCUT2D eigenvalue weighted by atomic mass is 16.5. The van der Waals surface area contributed by atoms with Crippen molar-refractivity contribution < 1.29 is 19.1 Å². The Bertz CT molecular complexity index is 828. The van der Waals surface area contributed by atoms with E-state index in [4.69, 9.17) is 14.3 Å². The zero-order valence-corrected chi connectivity index (χ0v) is 17.0. The maximum Gasteiger partial charge on any atom is 0.241 e. The first-order valence-corrected chi connectivity index (χ1v) is 9.86. The summed E-state index contributed by atoms with van der Waals surface area (Å²) >= 11 is 0. The predicted molar refractivity (Wildman–Crippen MR) is 110 cm³/mol. The number of carbonyl (C=O) groups excluding carboxylic acids is 1. The zero-order valence-electron chi connectivity index (χ0n) is 17.0. The lowest BCUT2D eigenvalue weighted by Crippen LogP contribution is -2.28. The molecule has 3 N–H and O–H groups in total. The molecule has 1 heterocycles. The Morgan fingerprint density at radius 2 is 2.17 bits per heavy atom. The molecule has 0 saturated heterocycles. The highest BCUT2D eigenvalue weighted by Gasteiger charge is 2.15. The average molecular weight is 413 g/mol. The van der Waals surface area contributed by atoms with Gasteiger partial charge in [-0.3, -0.25) is 4.79 Å². The first-order chi connectivity index (χ1) is 14.7. The smallest absolute Gasteiger partial charge is 0.241 e. The number of aliphatic hydroxyl groups is 1. The van der Waals surface area contributed by atoms with Crippen LogP contribution in [0.15, 0.2) is 40.6 Å². The predicted octanol–water partition coefficient (Wildman–Crippen LogP) is 1.98. The molecule has 0 bridgehead atoms. The van der Waals surface area contributed by atoms with E-state index < -0.39 is 0 Å². The lowest BCUT2D eigenvalue weighted by Gasteiger charge is -2.19. The SMILES string of the molecule is CCCC(NC(=O)CC(C#N)=Cc1nnco1)c1ccc(OCCNCCO)cc1. The lowest BCUT2D eigenvalue weighted by atomic mass is 10.0. The van der Waals surface area contributed by atoms with Crippen LogP contribution in [0.3, 0.4) is 0 Å². The van der Waals surface area contributed by atoms with Crippen LogP contribution in [-0.4, -0.2) is 47.5 Å². The number of nitrogens with zero attached hydrogens (tertiary/aromatic N) is 3. The van der Waals surface area contributed by atoms with Crippen molar-refractivity contribution in [1.29, 1.82) is 5.26 Å². The van der Waals surface area contributed by atoms with E-state index in [2.05, 4.69) is 20.8 Å². The van der Waals surface area contributed by atoms with Gasteiger partial charge in [0.2, 0.25) is 18.2 Å². The molecule has 0 saturated carbocycles. The number of amides is 1. The van der Waals surface area contributed by atoms with Gasteiger partial charge in [-0.05, 0) is 24.1 Å². The Balaban J connectivity index is 1.92. The quantitative estimate of drug-likeness (QED) is 0.335. The van der Waals surface area contributed by atoms with Crippen LogP contribution in [0.4, 0.5) is 0 Å². The first kappa shape index (κ1) is 23.1. The van der Waals surface area contributed by atoms with Crippen LogP contribution >= 0.6 is 0 Å². The third kappa shape index (κ3) is 8.03. The molecule has 9 nitrogen and oxygen atoms in total. The average Bonchev–Trinajstić information content (AvgIpc) is 3.26. The first-order valence-electron chi connectivity index (χ1n) is 9.86. The number of rotatable bonds is 13. The molecule has 1 aromatic heterocycles. The number of nitrogens with one attached hydrogen (secondary N) is 2. The summed E-state index contributed by atoms with van der Waals surface area (Å²) in [6.07, 6.45) is 4.16. The van der Waals surface area contributed by atoms with Crippen LogP contribution in [0.1, 0.15) is 43.7 Å². The Morgan fingerprint density at radius 3 is 2.80 bits per heavy atom. The van der Waals surface area contributed by atoms with Gasteiger partial charge in [0.25, 0.3) is 0 Å². The summed E-state index contributed by atoms with van der Waals surface area (Å²) < 4.78 is 10.6. The summed E-state index contributed by atoms with van der Waals surface area (Å²) in [4.78, 5) is 12.5. The standard InChI is InChI=1S/C21H27N5O4/c1-2-3-19(17-4-6-18(7-5-17)29-11-9-23-8-10-27)25-20(28)12-16(14-22)13-21-26-24-15-30-21/h4-7,13,15,19,23,27H,2-3,8-12H2,1H3,(H,25,28). The third-order valence-corrected chi connectivity index (χ3v) is 4.20. The van der Waals surface area contributed by atoms with Crippen molar-refractivity contribution in [1.82, 2.24) is 20.8 Å². The van der Waals surface area contributed by atoms with Gasteiger partial charge in [0, 0.05) is 24.7 Å². The number of ether oxygens (including phenoxy) is 1. The van der Waals surface area contributed by atoms with Gasteiger partial charge < -0.3 is 24.9 Å². The highest BCUT2D eigenvalue weighted by Crippen LogP contribution is 2.22. The molecular formula is C21H27N5O4. The van der Waals surface area contributed by atoms with Gasteiger partial charge >= 0.3 is 0 Å². The van der Waals surface area contributed by atoms with E-state index in [-0.39, 0.29) is 36.4 Å². The van der Waals surface area contributed by atoms with Crippen molar-refractivity contribution in [3.8, 4) is 11.8 Å². The Hall–Kier alpha value is -3.22. The minimum atomic E-state index is -0.254. The van der Waals surface area contributed by atoms with Gasteiger partial charge in [0.15, 0.2) is 0 Å². The Kier molecular flexibility index (Phi) is 10.1. The van der Waals surface area contributed by atoms with E-state index in [1.54, 1.807) is 0 Å². The Labute approximate surface area is 175 Å². The van der Waals surface area contributed by atoms with E-state index in [0.717, 1.165) is 30.5 Å². The summed E-state index contributed by atoms with van der Waals surface area (Å²) in [5.41, 5.74) is 1.21. The molecule has 1 aromatic carbocycles. The fourth-order valence-electron chi connectivity index (χ4n) is 2.79. The van der Waals surface area contributed by atoms with Crippen molar-refractivity contribution in [3.05, 3.63) is 47.7 Å². The maximum atomic E-state index is 12.5. The van der Waals surface area contributed by atoms with Crippen LogP contribution in [0.2, 0.25) is 0 Å². The van der Waals surface area contributed by atoms with E-state index >= 15 is 0 Å². The molecule has 1 amide bonds. The minimum Gasteiger partial charge on any atom is -0.492 e. The zero-order chi connectivity index (χ0) is 21.6. The molecule has 0 radical (unpaired) electrons. The van der Waals surface area contributed by atoms with Crippen LogP contribution < -0.4 is 15.4 Å². The van der Waals surface area contributed by atoms with Crippen molar-refractivity contribution in [3.63, 3.8) is 0 Å². The molecule has 1 atom stereocenters. The van der Waals surface area contributed by atoms with Gasteiger partial charge in [-0.2, -0.15) is 5.26 Å². The molecule has 160 valence electrons. The Morgan fingerprint density at radius 1 is 1.37 bits per heavy atom. The van der Waals surface area contributed by atoms with Crippen LogP contribution in [-0.2, 0) is 4.79 Å². The van der Waals surface area contributed by atoms with E-state index in [9.17, 15) is 10.1 Å². The number of hydrogen-bond acceptors (Lipinski definition) is 8. The summed E-state index contributed by atoms with van der Waals surface area (Å²) in [6, 6.07) is 9.42. The molecule has 0 aliphatic carbocycles. The second kappa shape index (κ2) is 13.1. The molecule has 2 aromatic rings. The molecule has 9 heteroatoms. The summed E-state index contributed by atoms with van der Waals surface area (Å²) in [5.74, 6) is 0.669. The van der Waals surface area contributed by atoms with Crippen LogP contribution in [0.25, 0.3) is 6.08 Å². The molecule has 2 rings (SSSR count). The molecule has 0 aliphatic rings. The van der Waals surface area contributed by atoms with Crippen molar-refractivity contribution in [2.75, 3.05) is 26.3 Å². The van der Waals surface area contributed by atoms with Gasteiger partial charge in [0.05, 0.1) is 25.1 Å². The van der Waals surface area contributed by atoms with E-state index in [1.165, 1.54) is 6.08 Å². The molecule has 0 spiro atoms. The fraction of sp³-hybridized carbons (Fsp3) is 0.429. The lowest BCUT2D eigenvalue weighted by molar-refractivity contribution is -0.121. The largest absolute Gasteiger partial charge is 0.492 e. The van der Waals surface area contributed by atoms with Crippen molar-refractivity contribution in [2.24, 2.45) is 0 Å². The normalized spacial score (nSPS) is 12.2. The summed E-state index contributed by atoms with van der Waals surface area (Å²) in [5, 5.41) is 31.3. The second-order valence-corrected chi connectivity index (χ2v) is 6.54. The molecule has 30 heavy (non-hydrogen) atoms. The van der Waals surface area contributed by atoms with Gasteiger partial charge in [-0.15, -0.1) is 10.2 Å². The topological polar surface area (TPSA) is 133 Å². The van der Waals surface area contributed by atoms with Gasteiger partial charge in [0.1, 0.15) is 12.4 Å². The molecule has 0 fully saturated rings. The summed E-state index contributed by atoms with van der Waals surface area (Å²) in [6.45, 7) is 3.83. The number of carbonyl (C=O) groups is 1. The minimum absolute atomic E-state index is 0.0683. The number of benzene rings is 1. The van der Waals surface area contributed by atoms with Crippen LogP contribution in [0.5, 0.6) is 5.75 Å². The monoisotopic (exact) mass is 413 g/mol. The summed E-state index contributed by atoms with van der Waals surface area (Å²) in [7, 11) is 0. The third-order valence-electron chi connectivity index (χ3n) is 4.20. The van der Waals surface area contributed by atoms with Crippen LogP contribution in [0, 0.1) is 11.3 Å². The second-order valence-electron chi connectivity index (χ2n) is 6.54. The van der Waals surface area contributed by atoms with Crippen molar-refractivity contribution >= 4 is 12.0 Å². The molecular weight excluding hydrogens is 386 g/mol. The number of aromatic nitrogens is 2. The number of aliphatic hydroxyl groups excluding tert-OH is 1. The van der Waals surface area contributed by atoms with Gasteiger partial charge in [-0.25, -0.2) is 0 Å².